The van der Waals surface area contributed by atoms with Gasteiger partial charge in [0.1, 0.15) is 11.5 Å². The van der Waals surface area contributed by atoms with Crippen molar-refractivity contribution in [3.05, 3.63) is 46.8 Å². The number of carbonyl (C=O) groups excluding carboxylic acids is 3. The van der Waals surface area contributed by atoms with Crippen LogP contribution in [0.15, 0.2) is 24.5 Å². The zero-order chi connectivity index (χ0) is 23.8. The quantitative estimate of drug-likeness (QED) is 0.607. The van der Waals surface area contributed by atoms with Crippen molar-refractivity contribution in [2.45, 2.75) is 37.6 Å². The number of likely N-dealkylation sites (tertiary alicyclic amines) is 1. The van der Waals surface area contributed by atoms with E-state index in [2.05, 4.69) is 20.6 Å². The lowest BCUT2D eigenvalue weighted by Gasteiger charge is -2.38. The number of hydrogen-bond acceptors (Lipinski definition) is 4. The first-order chi connectivity index (χ1) is 15.6. The summed E-state index contributed by atoms with van der Waals surface area (Å²) in [6.45, 7) is -1.40. The number of alkyl halides is 2. The molecule has 3 amide bonds. The van der Waals surface area contributed by atoms with E-state index in [0.29, 0.717) is 31.4 Å². The molecule has 0 atom stereocenters. The summed E-state index contributed by atoms with van der Waals surface area (Å²) >= 11 is 5.95. The van der Waals surface area contributed by atoms with Gasteiger partial charge in [0.05, 0.1) is 30.1 Å². The molecule has 1 saturated carbocycles. The largest absolute Gasteiger partial charge is 0.348 e. The van der Waals surface area contributed by atoms with Crippen LogP contribution < -0.4 is 10.6 Å². The van der Waals surface area contributed by atoms with E-state index in [1.165, 1.54) is 18.5 Å². The summed E-state index contributed by atoms with van der Waals surface area (Å²) in [6.07, 6.45) is 3.23. The van der Waals surface area contributed by atoms with Gasteiger partial charge in [-0.05, 0) is 43.9 Å². The number of aromatic amines is 1. The van der Waals surface area contributed by atoms with Crippen LogP contribution in [-0.2, 0) is 4.79 Å². The second-order valence-corrected chi connectivity index (χ2v) is 8.69. The number of aromatic nitrogens is 2. The predicted octanol–water partition coefficient (Wildman–Crippen LogP) is 3.22. The lowest BCUT2D eigenvalue weighted by Crippen LogP contribution is -2.58. The highest BCUT2D eigenvalue weighted by Gasteiger charge is 2.47. The minimum Gasteiger partial charge on any atom is -0.348 e. The maximum atomic E-state index is 13.2. The zero-order valence-electron chi connectivity index (χ0n) is 17.3. The molecule has 1 aliphatic carbocycles. The van der Waals surface area contributed by atoms with Gasteiger partial charge in [0.2, 0.25) is 5.91 Å². The maximum Gasteiger partial charge on any atom is 0.282 e. The molecule has 1 aliphatic heterocycles. The number of hydrogen-bond donors (Lipinski definition) is 3. The van der Waals surface area contributed by atoms with Gasteiger partial charge in [-0.3, -0.25) is 14.4 Å². The molecule has 12 heteroatoms. The molecule has 2 aliphatic rings. The Morgan fingerprint density at radius 3 is 2.48 bits per heavy atom. The van der Waals surface area contributed by atoms with Gasteiger partial charge in [-0.25, -0.2) is 18.2 Å². The van der Waals surface area contributed by atoms with Gasteiger partial charge < -0.3 is 20.5 Å². The average molecular weight is 484 g/mol. The number of H-pyrrole nitrogens is 1. The number of benzene rings is 1. The maximum absolute atomic E-state index is 13.2. The fourth-order valence-electron chi connectivity index (χ4n) is 4.02. The van der Waals surface area contributed by atoms with Gasteiger partial charge in [-0.2, -0.15) is 0 Å². The molecule has 0 radical (unpaired) electrons. The van der Waals surface area contributed by atoms with E-state index in [1.807, 2.05) is 0 Å². The summed E-state index contributed by atoms with van der Waals surface area (Å²) in [5.74, 6) is -5.24. The molecule has 1 aromatic heterocycles. The van der Waals surface area contributed by atoms with E-state index in [0.717, 1.165) is 11.0 Å². The molecule has 4 rings (SSSR count). The van der Waals surface area contributed by atoms with Crippen LogP contribution in [0.4, 0.5) is 18.9 Å². The molecule has 1 saturated heterocycles. The van der Waals surface area contributed by atoms with Gasteiger partial charge in [0, 0.05) is 12.0 Å². The molecule has 1 aromatic carbocycles. The summed E-state index contributed by atoms with van der Waals surface area (Å²) in [5, 5.41) is 5.61. The fourth-order valence-corrected chi connectivity index (χ4v) is 4.23. The number of rotatable bonds is 5. The predicted molar refractivity (Wildman–Crippen MR) is 113 cm³/mol. The van der Waals surface area contributed by atoms with Crippen LogP contribution in [0, 0.1) is 11.7 Å². The van der Waals surface area contributed by atoms with Crippen molar-refractivity contribution < 1.29 is 27.6 Å². The number of anilines is 1. The van der Waals surface area contributed by atoms with Crippen molar-refractivity contribution in [2.75, 3.05) is 18.4 Å². The summed E-state index contributed by atoms with van der Waals surface area (Å²) in [5.41, 5.74) is 0.0446. The van der Waals surface area contributed by atoms with Gasteiger partial charge in [-0.15, -0.1) is 0 Å². The monoisotopic (exact) mass is 483 g/mol. The number of nitrogens with one attached hydrogen (secondary N) is 3. The van der Waals surface area contributed by atoms with Crippen molar-refractivity contribution in [1.29, 1.82) is 0 Å². The highest BCUT2D eigenvalue weighted by Crippen LogP contribution is 2.29. The van der Waals surface area contributed by atoms with Crippen LogP contribution in [-0.4, -0.2) is 57.6 Å². The molecule has 33 heavy (non-hydrogen) atoms. The van der Waals surface area contributed by atoms with Crippen LogP contribution in [0.25, 0.3) is 0 Å². The Morgan fingerprint density at radius 1 is 1.15 bits per heavy atom. The number of amides is 3. The Balaban J connectivity index is 1.29. The SMILES string of the molecule is O=C(N[C@H]1CC[C@H](C(=O)Nc2ccc(F)cc2Cl)CC1)c1[nH]cnc1C(=O)N1CC(F)(F)C1. The third-order valence-corrected chi connectivity index (χ3v) is 6.14. The van der Waals surface area contributed by atoms with Crippen LogP contribution in [0.2, 0.25) is 5.02 Å². The summed E-state index contributed by atoms with van der Waals surface area (Å²) in [7, 11) is 0. The van der Waals surface area contributed by atoms with Gasteiger partial charge in [0.15, 0.2) is 5.69 Å². The minimum absolute atomic E-state index is 0.0824. The van der Waals surface area contributed by atoms with Crippen molar-refractivity contribution in [3.63, 3.8) is 0 Å². The van der Waals surface area contributed by atoms with Crippen LogP contribution >= 0.6 is 11.6 Å². The van der Waals surface area contributed by atoms with Crippen LogP contribution in [0.1, 0.15) is 46.7 Å². The first kappa shape index (κ1) is 23.1. The Bertz CT molecular complexity index is 1080. The average Bonchev–Trinajstić information content (AvgIpc) is 3.24. The molecule has 0 spiro atoms. The van der Waals surface area contributed by atoms with Gasteiger partial charge in [0.25, 0.3) is 17.7 Å². The van der Waals surface area contributed by atoms with Crippen LogP contribution in [0.3, 0.4) is 0 Å². The molecular formula is C21H21ClF3N5O3. The fraction of sp³-hybridized carbons (Fsp3) is 0.429. The summed E-state index contributed by atoms with van der Waals surface area (Å²) in [4.78, 5) is 44.9. The Labute approximate surface area is 191 Å². The number of halogens is 4. The van der Waals surface area contributed by atoms with E-state index >= 15 is 0 Å². The molecule has 2 aromatic rings. The van der Waals surface area contributed by atoms with E-state index < -0.39 is 36.6 Å². The Hall–Kier alpha value is -3.08. The normalized spacial score (nSPS) is 21.8. The third-order valence-electron chi connectivity index (χ3n) is 5.82. The Morgan fingerprint density at radius 2 is 1.85 bits per heavy atom. The zero-order valence-corrected chi connectivity index (χ0v) is 18.1. The number of nitrogens with zero attached hydrogens (tertiary/aromatic N) is 2. The van der Waals surface area contributed by atoms with E-state index in [9.17, 15) is 27.6 Å². The molecule has 0 unspecified atom stereocenters. The summed E-state index contributed by atoms with van der Waals surface area (Å²) < 4.78 is 39.3. The molecule has 2 heterocycles. The summed E-state index contributed by atoms with van der Waals surface area (Å²) in [6, 6.07) is 3.49. The van der Waals surface area contributed by atoms with Crippen molar-refractivity contribution in [2.24, 2.45) is 5.92 Å². The molecular weight excluding hydrogens is 463 g/mol. The molecule has 8 nitrogen and oxygen atoms in total. The first-order valence-corrected chi connectivity index (χ1v) is 10.8. The topological polar surface area (TPSA) is 107 Å². The van der Waals surface area contributed by atoms with Gasteiger partial charge in [-0.1, -0.05) is 11.6 Å². The lowest BCUT2D eigenvalue weighted by atomic mass is 9.85. The minimum atomic E-state index is -2.92. The first-order valence-electron chi connectivity index (χ1n) is 10.4. The van der Waals surface area contributed by atoms with Crippen molar-refractivity contribution >= 4 is 35.0 Å². The Kier molecular flexibility index (Phi) is 6.33. The smallest absolute Gasteiger partial charge is 0.282 e. The number of imidazole rings is 1. The highest BCUT2D eigenvalue weighted by atomic mass is 35.5. The molecule has 0 bridgehead atoms. The third kappa shape index (κ3) is 5.13. The molecule has 3 N–H and O–H groups in total. The number of carbonyl (C=O) groups is 3. The lowest BCUT2D eigenvalue weighted by molar-refractivity contribution is -0.120. The second-order valence-electron chi connectivity index (χ2n) is 8.28. The van der Waals surface area contributed by atoms with E-state index in [-0.39, 0.29) is 34.3 Å². The van der Waals surface area contributed by atoms with E-state index in [4.69, 9.17) is 11.6 Å². The van der Waals surface area contributed by atoms with Crippen molar-refractivity contribution in [3.8, 4) is 0 Å². The van der Waals surface area contributed by atoms with Crippen LogP contribution in [0.5, 0.6) is 0 Å². The molecule has 176 valence electrons. The standard InChI is InChI=1S/C21H21ClF3N5O3/c22-14-7-12(23)3-6-15(14)29-18(31)11-1-4-13(5-2-11)28-19(32)16-17(27-10-26-16)20(33)30-8-21(24,25)9-30/h3,6-7,10-11,13H,1-2,4-5,8-9H2,(H,26,27)(H,28,32)(H,29,31)/t11-,13-. The molecule has 2 fully saturated rings. The second kappa shape index (κ2) is 9.05. The van der Waals surface area contributed by atoms with Gasteiger partial charge >= 0.3 is 0 Å². The van der Waals surface area contributed by atoms with Crippen molar-refractivity contribution in [1.82, 2.24) is 20.2 Å². The highest BCUT2D eigenvalue weighted by molar-refractivity contribution is 6.33. The van der Waals surface area contributed by atoms with E-state index in [1.54, 1.807) is 0 Å².